The van der Waals surface area contributed by atoms with E-state index in [1.54, 1.807) is 35.2 Å². The predicted molar refractivity (Wildman–Crippen MR) is 145 cm³/mol. The van der Waals surface area contributed by atoms with Crippen molar-refractivity contribution in [1.82, 2.24) is 0 Å². The van der Waals surface area contributed by atoms with Gasteiger partial charge in [-0.1, -0.05) is 25.1 Å². The SMILES string of the molecule is CC1CCC(C(=O)N(c2cc(-c3ccc(NC(=O)c4cccc(F)c4)cc3)sc2C(=O)O)C(C)C)CC1. The molecule has 3 aromatic rings. The van der Waals surface area contributed by atoms with Crippen molar-refractivity contribution < 1.29 is 23.9 Å². The highest BCUT2D eigenvalue weighted by atomic mass is 32.1. The van der Waals surface area contributed by atoms with Crippen LogP contribution in [-0.4, -0.2) is 28.9 Å². The summed E-state index contributed by atoms with van der Waals surface area (Å²) in [5.41, 5.74) is 1.93. The second-order valence-corrected chi connectivity index (χ2v) is 11.0. The molecule has 0 unspecified atom stereocenters. The van der Waals surface area contributed by atoms with Crippen molar-refractivity contribution in [2.24, 2.45) is 11.8 Å². The van der Waals surface area contributed by atoms with E-state index in [0.717, 1.165) is 42.6 Å². The van der Waals surface area contributed by atoms with Gasteiger partial charge in [0.1, 0.15) is 10.7 Å². The van der Waals surface area contributed by atoms with Crippen LogP contribution >= 0.6 is 11.3 Å². The van der Waals surface area contributed by atoms with Crippen molar-refractivity contribution >= 4 is 40.5 Å². The summed E-state index contributed by atoms with van der Waals surface area (Å²) >= 11 is 1.13. The van der Waals surface area contributed by atoms with Crippen molar-refractivity contribution in [1.29, 1.82) is 0 Å². The summed E-state index contributed by atoms with van der Waals surface area (Å²) in [6, 6.07) is 14.0. The highest BCUT2D eigenvalue weighted by Gasteiger charge is 2.33. The number of benzene rings is 2. The van der Waals surface area contributed by atoms with Crippen molar-refractivity contribution in [2.45, 2.75) is 52.5 Å². The van der Waals surface area contributed by atoms with Crippen LogP contribution < -0.4 is 10.2 Å². The summed E-state index contributed by atoms with van der Waals surface area (Å²) in [7, 11) is 0. The number of anilines is 2. The Balaban J connectivity index is 1.58. The van der Waals surface area contributed by atoms with E-state index in [2.05, 4.69) is 12.2 Å². The van der Waals surface area contributed by atoms with E-state index in [9.17, 15) is 23.9 Å². The molecule has 4 rings (SSSR count). The Morgan fingerprint density at radius 2 is 1.70 bits per heavy atom. The average Bonchev–Trinajstić information content (AvgIpc) is 3.30. The van der Waals surface area contributed by atoms with Crippen molar-refractivity contribution in [3.63, 3.8) is 0 Å². The molecular weight excluding hydrogens is 491 g/mol. The van der Waals surface area contributed by atoms with Crippen molar-refractivity contribution in [3.05, 3.63) is 70.9 Å². The van der Waals surface area contributed by atoms with Crippen LogP contribution in [0.5, 0.6) is 0 Å². The topological polar surface area (TPSA) is 86.7 Å². The summed E-state index contributed by atoms with van der Waals surface area (Å²) in [6.07, 6.45) is 3.66. The monoisotopic (exact) mass is 522 g/mol. The quantitative estimate of drug-likeness (QED) is 0.347. The third kappa shape index (κ3) is 6.07. The number of rotatable bonds is 7. The van der Waals surface area contributed by atoms with Crippen LogP contribution in [0, 0.1) is 17.7 Å². The van der Waals surface area contributed by atoms with E-state index in [1.165, 1.54) is 24.3 Å². The minimum Gasteiger partial charge on any atom is -0.477 e. The fourth-order valence-corrected chi connectivity index (χ4v) is 5.76. The molecule has 2 N–H and O–H groups in total. The van der Waals surface area contributed by atoms with Crippen molar-refractivity contribution in [2.75, 3.05) is 10.2 Å². The molecule has 1 fully saturated rings. The molecule has 1 aliphatic rings. The van der Waals surface area contributed by atoms with Gasteiger partial charge in [0, 0.05) is 28.1 Å². The molecule has 2 amide bonds. The number of nitrogens with zero attached hydrogens (tertiary/aromatic N) is 1. The zero-order valence-electron chi connectivity index (χ0n) is 21.2. The number of aromatic carboxylic acids is 1. The second-order valence-electron chi connectivity index (χ2n) is 9.93. The number of carbonyl (C=O) groups is 3. The van der Waals surface area contributed by atoms with Crippen LogP contribution in [0.3, 0.4) is 0 Å². The first-order chi connectivity index (χ1) is 17.6. The van der Waals surface area contributed by atoms with Gasteiger partial charge in [0.05, 0.1) is 5.69 Å². The summed E-state index contributed by atoms with van der Waals surface area (Å²) in [5, 5.41) is 12.7. The van der Waals surface area contributed by atoms with Crippen LogP contribution in [0.15, 0.2) is 54.6 Å². The number of thiophene rings is 1. The first-order valence-electron chi connectivity index (χ1n) is 12.5. The molecule has 37 heavy (non-hydrogen) atoms. The second kappa shape index (κ2) is 11.3. The van der Waals surface area contributed by atoms with E-state index < -0.39 is 17.7 Å². The molecule has 1 heterocycles. The number of carbonyl (C=O) groups excluding carboxylic acids is 2. The largest absolute Gasteiger partial charge is 0.477 e. The number of amides is 2. The van der Waals surface area contributed by atoms with Gasteiger partial charge in [-0.2, -0.15) is 0 Å². The minimum absolute atomic E-state index is 0.0100. The Bertz CT molecular complexity index is 1290. The first kappa shape index (κ1) is 26.5. The highest BCUT2D eigenvalue weighted by Crippen LogP contribution is 2.40. The Kier molecular flexibility index (Phi) is 8.07. The standard InChI is InChI=1S/C29H31FN2O4S/c1-17(2)32(28(34)20-9-7-18(3)8-10-20)24-16-25(37-26(24)29(35)36)19-11-13-23(14-12-19)31-27(33)21-5-4-6-22(30)15-21/h4-6,11-18,20H,7-10H2,1-3H3,(H,31,33)(H,35,36). The van der Waals surface area contributed by atoms with Crippen LogP contribution in [0.1, 0.15) is 66.5 Å². The summed E-state index contributed by atoms with van der Waals surface area (Å²) < 4.78 is 13.4. The van der Waals surface area contributed by atoms with E-state index in [1.807, 2.05) is 13.8 Å². The van der Waals surface area contributed by atoms with Crippen LogP contribution in [0.2, 0.25) is 0 Å². The summed E-state index contributed by atoms with van der Waals surface area (Å²) in [5.74, 6) is -1.48. The summed E-state index contributed by atoms with van der Waals surface area (Å²) in [4.78, 5) is 40.6. The molecule has 0 radical (unpaired) electrons. The molecule has 2 aromatic carbocycles. The number of carboxylic acids is 1. The van der Waals surface area contributed by atoms with E-state index in [4.69, 9.17) is 0 Å². The zero-order valence-corrected chi connectivity index (χ0v) is 22.0. The van der Waals surface area contributed by atoms with Gasteiger partial charge in [0.15, 0.2) is 0 Å². The molecule has 0 aliphatic heterocycles. The fourth-order valence-electron chi connectivity index (χ4n) is 4.76. The Labute approximate surface area is 220 Å². The van der Waals surface area contributed by atoms with Crippen molar-refractivity contribution in [3.8, 4) is 10.4 Å². The molecule has 6 nitrogen and oxygen atoms in total. The number of hydrogen-bond donors (Lipinski definition) is 2. The molecule has 0 spiro atoms. The predicted octanol–water partition coefficient (Wildman–Crippen LogP) is 7.07. The minimum atomic E-state index is -1.07. The highest BCUT2D eigenvalue weighted by molar-refractivity contribution is 7.18. The maximum atomic E-state index is 13.5. The van der Waals surface area contributed by atoms with E-state index in [-0.39, 0.29) is 28.3 Å². The van der Waals surface area contributed by atoms with Gasteiger partial charge in [-0.05, 0) is 87.4 Å². The normalized spacial score (nSPS) is 17.4. The van der Waals surface area contributed by atoms with Gasteiger partial charge < -0.3 is 15.3 Å². The lowest BCUT2D eigenvalue weighted by molar-refractivity contribution is -0.123. The van der Waals surface area contributed by atoms with Gasteiger partial charge in [0.2, 0.25) is 5.91 Å². The average molecular weight is 523 g/mol. The summed E-state index contributed by atoms with van der Waals surface area (Å²) in [6.45, 7) is 6.01. The molecule has 1 aliphatic carbocycles. The van der Waals surface area contributed by atoms with Gasteiger partial charge >= 0.3 is 5.97 Å². The maximum absolute atomic E-state index is 13.5. The first-order valence-corrected chi connectivity index (χ1v) is 13.3. The van der Waals surface area contributed by atoms with Crippen LogP contribution in [-0.2, 0) is 4.79 Å². The van der Waals surface area contributed by atoms with E-state index >= 15 is 0 Å². The molecule has 0 atom stereocenters. The van der Waals surface area contributed by atoms with Gasteiger partial charge in [-0.3, -0.25) is 9.59 Å². The van der Waals surface area contributed by atoms with Crippen LogP contribution in [0.25, 0.3) is 10.4 Å². The van der Waals surface area contributed by atoms with Gasteiger partial charge in [-0.25, -0.2) is 9.18 Å². The lowest BCUT2D eigenvalue weighted by Gasteiger charge is -2.33. The Morgan fingerprint density at radius 3 is 2.30 bits per heavy atom. The number of nitrogens with one attached hydrogen (secondary N) is 1. The third-order valence-corrected chi connectivity index (χ3v) is 7.96. The smallest absolute Gasteiger partial charge is 0.348 e. The lowest BCUT2D eigenvalue weighted by atomic mass is 9.82. The third-order valence-electron chi connectivity index (χ3n) is 6.80. The molecule has 1 aromatic heterocycles. The molecular formula is C29H31FN2O4S. The Morgan fingerprint density at radius 1 is 1.03 bits per heavy atom. The molecule has 0 saturated heterocycles. The number of halogens is 1. The van der Waals surface area contributed by atoms with Crippen LogP contribution in [0.4, 0.5) is 15.8 Å². The van der Waals surface area contributed by atoms with Gasteiger partial charge in [0.25, 0.3) is 5.91 Å². The van der Waals surface area contributed by atoms with Gasteiger partial charge in [-0.15, -0.1) is 11.3 Å². The molecule has 194 valence electrons. The number of hydrogen-bond acceptors (Lipinski definition) is 4. The van der Waals surface area contributed by atoms with E-state index in [0.29, 0.717) is 22.2 Å². The molecule has 1 saturated carbocycles. The number of carboxylic acid groups (broad SMARTS) is 1. The lowest BCUT2D eigenvalue weighted by Crippen LogP contribution is -2.42. The molecule has 8 heteroatoms. The maximum Gasteiger partial charge on any atom is 0.348 e. The Hall–Kier alpha value is -3.52. The molecule has 0 bridgehead atoms. The fraction of sp³-hybridized carbons (Fsp3) is 0.345. The zero-order chi connectivity index (χ0) is 26.7.